The number of morpholine rings is 1. The van der Waals surface area contributed by atoms with Gasteiger partial charge in [0.1, 0.15) is 5.75 Å². The Labute approximate surface area is 95.6 Å². The van der Waals surface area contributed by atoms with Gasteiger partial charge in [-0.1, -0.05) is 12.1 Å². The molecule has 0 amide bonds. The quantitative estimate of drug-likeness (QED) is 0.791. The molecule has 0 radical (unpaired) electrons. The molecule has 0 aromatic heterocycles. The molecule has 88 valence electrons. The van der Waals surface area contributed by atoms with Crippen LogP contribution in [0.2, 0.25) is 0 Å². The largest absolute Gasteiger partial charge is 0.508 e. The van der Waals surface area contributed by atoms with Gasteiger partial charge >= 0.3 is 0 Å². The second kappa shape index (κ2) is 5.30. The maximum absolute atomic E-state index is 9.19. The van der Waals surface area contributed by atoms with E-state index >= 15 is 0 Å². The number of ether oxygens (including phenoxy) is 1. The molecule has 2 rings (SSSR count). The summed E-state index contributed by atoms with van der Waals surface area (Å²) in [6.07, 6.45) is 0. The summed E-state index contributed by atoms with van der Waals surface area (Å²) in [5, 5.41) is 9.19. The van der Waals surface area contributed by atoms with E-state index in [2.05, 4.69) is 4.90 Å². The van der Waals surface area contributed by atoms with E-state index in [0.29, 0.717) is 0 Å². The zero-order valence-corrected chi connectivity index (χ0v) is 9.30. The van der Waals surface area contributed by atoms with Crippen molar-refractivity contribution >= 4 is 0 Å². The minimum absolute atomic E-state index is 0.00120. The SMILES string of the molecule is NC(CN1CCOCC1)c1ccc(O)cc1. The Morgan fingerprint density at radius 1 is 1.25 bits per heavy atom. The molecule has 1 aromatic carbocycles. The molecule has 4 nitrogen and oxygen atoms in total. The Bertz CT molecular complexity index is 320. The summed E-state index contributed by atoms with van der Waals surface area (Å²) in [5.74, 6) is 0.280. The van der Waals surface area contributed by atoms with E-state index in [1.54, 1.807) is 12.1 Å². The lowest BCUT2D eigenvalue weighted by molar-refractivity contribution is 0.0352. The molecule has 1 atom stereocenters. The van der Waals surface area contributed by atoms with Gasteiger partial charge < -0.3 is 15.6 Å². The molecule has 1 heterocycles. The van der Waals surface area contributed by atoms with Crippen LogP contribution in [0.3, 0.4) is 0 Å². The van der Waals surface area contributed by atoms with E-state index in [1.807, 2.05) is 12.1 Å². The highest BCUT2D eigenvalue weighted by Gasteiger charge is 2.14. The van der Waals surface area contributed by atoms with Crippen LogP contribution >= 0.6 is 0 Å². The zero-order chi connectivity index (χ0) is 11.4. The van der Waals surface area contributed by atoms with Crippen molar-refractivity contribution in [2.45, 2.75) is 6.04 Å². The van der Waals surface area contributed by atoms with Crippen LogP contribution in [0.5, 0.6) is 5.75 Å². The van der Waals surface area contributed by atoms with E-state index in [1.165, 1.54) is 0 Å². The molecule has 1 aromatic rings. The van der Waals surface area contributed by atoms with E-state index in [-0.39, 0.29) is 11.8 Å². The molecule has 0 bridgehead atoms. The number of hydrogen-bond donors (Lipinski definition) is 2. The van der Waals surface area contributed by atoms with Crippen molar-refractivity contribution in [3.8, 4) is 5.75 Å². The minimum Gasteiger partial charge on any atom is -0.508 e. The first-order valence-corrected chi connectivity index (χ1v) is 5.60. The summed E-state index contributed by atoms with van der Waals surface area (Å²) in [7, 11) is 0. The number of nitrogens with zero attached hydrogens (tertiary/aromatic N) is 1. The molecule has 1 aliphatic heterocycles. The molecule has 1 saturated heterocycles. The third kappa shape index (κ3) is 2.95. The normalized spacial score (nSPS) is 19.6. The summed E-state index contributed by atoms with van der Waals surface area (Å²) < 4.78 is 5.29. The lowest BCUT2D eigenvalue weighted by Gasteiger charge is -2.29. The second-order valence-electron chi connectivity index (χ2n) is 4.11. The number of hydrogen-bond acceptors (Lipinski definition) is 4. The van der Waals surface area contributed by atoms with Crippen molar-refractivity contribution in [1.29, 1.82) is 0 Å². The summed E-state index contributed by atoms with van der Waals surface area (Å²) >= 11 is 0. The van der Waals surface area contributed by atoms with Crippen molar-refractivity contribution < 1.29 is 9.84 Å². The van der Waals surface area contributed by atoms with E-state index in [9.17, 15) is 5.11 Å². The standard InChI is InChI=1S/C12H18N2O2/c13-12(9-14-5-7-16-8-6-14)10-1-3-11(15)4-2-10/h1-4,12,15H,5-9,13H2. The van der Waals surface area contributed by atoms with Crippen molar-refractivity contribution in [3.63, 3.8) is 0 Å². The van der Waals surface area contributed by atoms with E-state index < -0.39 is 0 Å². The number of aromatic hydroxyl groups is 1. The van der Waals surface area contributed by atoms with Gasteiger partial charge in [-0.05, 0) is 17.7 Å². The first-order chi connectivity index (χ1) is 7.75. The smallest absolute Gasteiger partial charge is 0.115 e. The summed E-state index contributed by atoms with van der Waals surface area (Å²) in [6.45, 7) is 4.33. The van der Waals surface area contributed by atoms with Crippen LogP contribution < -0.4 is 5.73 Å². The molecule has 4 heteroatoms. The van der Waals surface area contributed by atoms with Crippen molar-refractivity contribution in [3.05, 3.63) is 29.8 Å². The molecular weight excluding hydrogens is 204 g/mol. The average molecular weight is 222 g/mol. The molecule has 3 N–H and O–H groups in total. The van der Waals surface area contributed by atoms with Gasteiger partial charge in [0.2, 0.25) is 0 Å². The van der Waals surface area contributed by atoms with Crippen LogP contribution in [0.1, 0.15) is 11.6 Å². The predicted octanol–water partition coefficient (Wildman–Crippen LogP) is 0.724. The molecule has 0 aliphatic carbocycles. The minimum atomic E-state index is -0.00120. The van der Waals surface area contributed by atoms with Gasteiger partial charge in [-0.15, -0.1) is 0 Å². The highest BCUT2D eigenvalue weighted by Crippen LogP contribution is 2.16. The lowest BCUT2D eigenvalue weighted by atomic mass is 10.1. The fourth-order valence-corrected chi connectivity index (χ4v) is 1.89. The summed E-state index contributed by atoms with van der Waals surface area (Å²) in [6, 6.07) is 7.10. The molecule has 0 saturated carbocycles. The van der Waals surface area contributed by atoms with Crippen LogP contribution in [0.15, 0.2) is 24.3 Å². The van der Waals surface area contributed by atoms with Gasteiger partial charge in [0.05, 0.1) is 13.2 Å². The second-order valence-corrected chi connectivity index (χ2v) is 4.11. The summed E-state index contributed by atoms with van der Waals surface area (Å²) in [4.78, 5) is 2.31. The number of rotatable bonds is 3. The Morgan fingerprint density at radius 2 is 1.88 bits per heavy atom. The third-order valence-corrected chi connectivity index (χ3v) is 2.88. The molecule has 0 spiro atoms. The Morgan fingerprint density at radius 3 is 2.50 bits per heavy atom. The maximum atomic E-state index is 9.19. The van der Waals surface area contributed by atoms with E-state index in [4.69, 9.17) is 10.5 Å². The van der Waals surface area contributed by atoms with Gasteiger partial charge in [0, 0.05) is 25.7 Å². The molecular formula is C12H18N2O2. The van der Waals surface area contributed by atoms with E-state index in [0.717, 1.165) is 38.4 Å². The monoisotopic (exact) mass is 222 g/mol. The van der Waals surface area contributed by atoms with Crippen molar-refractivity contribution in [2.75, 3.05) is 32.8 Å². The molecule has 1 fully saturated rings. The fraction of sp³-hybridized carbons (Fsp3) is 0.500. The van der Waals surface area contributed by atoms with Crippen LogP contribution in [0, 0.1) is 0 Å². The van der Waals surface area contributed by atoms with Gasteiger partial charge in [0.15, 0.2) is 0 Å². The third-order valence-electron chi connectivity index (χ3n) is 2.88. The maximum Gasteiger partial charge on any atom is 0.115 e. The highest BCUT2D eigenvalue weighted by atomic mass is 16.5. The Balaban J connectivity index is 1.91. The highest BCUT2D eigenvalue weighted by molar-refractivity contribution is 5.27. The van der Waals surface area contributed by atoms with Gasteiger partial charge in [0.25, 0.3) is 0 Å². The lowest BCUT2D eigenvalue weighted by Crippen LogP contribution is -2.40. The fourth-order valence-electron chi connectivity index (χ4n) is 1.89. The van der Waals surface area contributed by atoms with Gasteiger partial charge in [-0.25, -0.2) is 0 Å². The van der Waals surface area contributed by atoms with Crippen molar-refractivity contribution in [2.24, 2.45) is 5.73 Å². The first kappa shape index (κ1) is 11.4. The molecule has 16 heavy (non-hydrogen) atoms. The number of benzene rings is 1. The zero-order valence-electron chi connectivity index (χ0n) is 9.30. The molecule has 1 aliphatic rings. The van der Waals surface area contributed by atoms with Gasteiger partial charge in [-0.2, -0.15) is 0 Å². The van der Waals surface area contributed by atoms with Crippen LogP contribution in [0.25, 0.3) is 0 Å². The Kier molecular flexibility index (Phi) is 3.77. The number of nitrogens with two attached hydrogens (primary N) is 1. The molecule has 1 unspecified atom stereocenters. The number of phenols is 1. The van der Waals surface area contributed by atoms with Gasteiger partial charge in [-0.3, -0.25) is 4.90 Å². The first-order valence-electron chi connectivity index (χ1n) is 5.60. The van der Waals surface area contributed by atoms with Crippen molar-refractivity contribution in [1.82, 2.24) is 4.90 Å². The van der Waals surface area contributed by atoms with Crippen LogP contribution in [-0.4, -0.2) is 42.9 Å². The number of phenolic OH excluding ortho intramolecular Hbond substituents is 1. The predicted molar refractivity (Wildman–Crippen MR) is 62.3 cm³/mol. The average Bonchev–Trinajstić information content (AvgIpc) is 2.31. The Hall–Kier alpha value is -1.10. The summed E-state index contributed by atoms with van der Waals surface area (Å²) in [5.41, 5.74) is 7.17. The topological polar surface area (TPSA) is 58.7 Å². The van der Waals surface area contributed by atoms with Crippen LogP contribution in [0.4, 0.5) is 0 Å². The van der Waals surface area contributed by atoms with Crippen LogP contribution in [-0.2, 0) is 4.74 Å².